The van der Waals surface area contributed by atoms with E-state index >= 15 is 0 Å². The zero-order chi connectivity index (χ0) is 13.5. The lowest BCUT2D eigenvalue weighted by Gasteiger charge is -2.13. The summed E-state index contributed by atoms with van der Waals surface area (Å²) in [6.45, 7) is 2.22. The number of hydrogen-bond acceptors (Lipinski definition) is 4. The fourth-order valence-electron chi connectivity index (χ4n) is 1.35. The molecule has 1 amide bonds. The average molecular weight is 267 g/mol. The van der Waals surface area contributed by atoms with Gasteiger partial charge in [0.15, 0.2) is 0 Å². The van der Waals surface area contributed by atoms with Gasteiger partial charge >= 0.3 is 0 Å². The van der Waals surface area contributed by atoms with Gasteiger partial charge in [-0.2, -0.15) is 0 Å². The highest BCUT2D eigenvalue weighted by atomic mass is 32.1. The Morgan fingerprint density at radius 1 is 1.44 bits per heavy atom. The molecule has 0 bridgehead atoms. The van der Waals surface area contributed by atoms with Gasteiger partial charge in [-0.3, -0.25) is 4.79 Å². The van der Waals surface area contributed by atoms with Crippen LogP contribution in [-0.2, 0) is 0 Å². The Morgan fingerprint density at radius 2 is 2.17 bits per heavy atom. The molecule has 0 radical (unpaired) electrons. The van der Waals surface area contributed by atoms with Crippen LogP contribution in [0.5, 0.6) is 0 Å². The highest BCUT2D eigenvalue weighted by molar-refractivity contribution is 7.14. The number of aliphatic hydroxyl groups is 2. The molecule has 1 aromatic rings. The summed E-state index contributed by atoms with van der Waals surface area (Å²) in [5.41, 5.74) is 0.964. The molecule has 0 aromatic carbocycles. The molecule has 0 aliphatic heterocycles. The molecule has 1 rings (SSSR count). The van der Waals surface area contributed by atoms with E-state index in [1.54, 1.807) is 7.05 Å². The fraction of sp³-hybridized carbons (Fsp3) is 0.462. The second-order valence-electron chi connectivity index (χ2n) is 3.85. The smallest absolute Gasteiger partial charge is 0.263 e. The van der Waals surface area contributed by atoms with Gasteiger partial charge in [-0.05, 0) is 18.6 Å². The first-order valence-electron chi connectivity index (χ1n) is 5.66. The zero-order valence-electron chi connectivity index (χ0n) is 10.6. The van der Waals surface area contributed by atoms with Gasteiger partial charge in [0.05, 0.1) is 23.0 Å². The van der Waals surface area contributed by atoms with Gasteiger partial charge in [-0.15, -0.1) is 11.3 Å². The Morgan fingerprint density at radius 3 is 2.78 bits per heavy atom. The Kier molecular flexibility index (Phi) is 5.86. The number of hydrogen-bond donors (Lipinski definition) is 2. The first kappa shape index (κ1) is 14.7. The molecule has 18 heavy (non-hydrogen) atoms. The van der Waals surface area contributed by atoms with E-state index in [1.807, 2.05) is 13.0 Å². The van der Waals surface area contributed by atoms with Crippen LogP contribution in [-0.4, -0.2) is 47.8 Å². The quantitative estimate of drug-likeness (QED) is 0.795. The summed E-state index contributed by atoms with van der Waals surface area (Å²) in [7, 11) is 1.66. The third-order valence-electron chi connectivity index (χ3n) is 2.35. The van der Waals surface area contributed by atoms with Gasteiger partial charge in [0.1, 0.15) is 0 Å². The van der Waals surface area contributed by atoms with Crippen molar-refractivity contribution in [2.75, 3.05) is 26.8 Å². The van der Waals surface area contributed by atoms with Crippen LogP contribution in [0.3, 0.4) is 0 Å². The van der Waals surface area contributed by atoms with Gasteiger partial charge in [0.25, 0.3) is 5.91 Å². The molecule has 5 heteroatoms. The summed E-state index contributed by atoms with van der Waals surface area (Å²) in [6, 6.07) is 1.81. The van der Waals surface area contributed by atoms with E-state index in [2.05, 4.69) is 11.8 Å². The number of amides is 1. The topological polar surface area (TPSA) is 60.8 Å². The van der Waals surface area contributed by atoms with E-state index in [0.717, 1.165) is 10.4 Å². The molecule has 0 spiro atoms. The van der Waals surface area contributed by atoms with Crippen molar-refractivity contribution in [1.29, 1.82) is 0 Å². The third kappa shape index (κ3) is 3.84. The summed E-state index contributed by atoms with van der Waals surface area (Å²) >= 11 is 1.34. The van der Waals surface area contributed by atoms with Gasteiger partial charge in [0.2, 0.25) is 0 Å². The Bertz CT molecular complexity index is 470. The lowest BCUT2D eigenvalue weighted by atomic mass is 10.2. The van der Waals surface area contributed by atoms with Crippen molar-refractivity contribution in [2.24, 2.45) is 0 Å². The molecule has 0 fully saturated rings. The Balaban J connectivity index is 2.84. The molecule has 0 aliphatic carbocycles. The zero-order valence-corrected chi connectivity index (χ0v) is 11.4. The molecule has 0 unspecified atom stereocenters. The molecular formula is C13H17NO3S. The number of carbonyl (C=O) groups is 1. The minimum atomic E-state index is -0.104. The third-order valence-corrected chi connectivity index (χ3v) is 3.49. The molecule has 98 valence electrons. The molecule has 0 aliphatic rings. The Hall–Kier alpha value is -1.35. The molecule has 0 atom stereocenters. The van der Waals surface area contributed by atoms with Crippen molar-refractivity contribution in [3.63, 3.8) is 0 Å². The second-order valence-corrected chi connectivity index (χ2v) is 4.90. The van der Waals surface area contributed by atoms with Crippen LogP contribution in [0.4, 0.5) is 0 Å². The SMILES string of the molecule is Cc1cc(C(=O)N(C)CCO)sc1C#CCCO. The van der Waals surface area contributed by atoms with Crippen molar-refractivity contribution in [3.05, 3.63) is 21.4 Å². The normalized spacial score (nSPS) is 9.78. The molecule has 0 saturated carbocycles. The first-order valence-corrected chi connectivity index (χ1v) is 6.48. The monoisotopic (exact) mass is 267 g/mol. The minimum absolute atomic E-state index is 0.0441. The van der Waals surface area contributed by atoms with Crippen LogP contribution in [0.2, 0.25) is 0 Å². The first-order chi connectivity index (χ1) is 8.60. The van der Waals surface area contributed by atoms with Gasteiger partial charge < -0.3 is 15.1 Å². The number of nitrogens with zero attached hydrogens (tertiary/aromatic N) is 1. The molecule has 1 heterocycles. The summed E-state index contributed by atoms with van der Waals surface area (Å²) in [6.07, 6.45) is 0.436. The lowest BCUT2D eigenvalue weighted by molar-refractivity contribution is 0.0771. The number of likely N-dealkylation sites (N-methyl/N-ethyl adjacent to an activating group) is 1. The van der Waals surface area contributed by atoms with E-state index in [4.69, 9.17) is 10.2 Å². The van der Waals surface area contributed by atoms with Gasteiger partial charge in [-0.1, -0.05) is 11.8 Å². The molecule has 1 aromatic heterocycles. The molecule has 2 N–H and O–H groups in total. The van der Waals surface area contributed by atoms with E-state index in [-0.39, 0.29) is 19.1 Å². The van der Waals surface area contributed by atoms with Gasteiger partial charge in [0, 0.05) is 20.0 Å². The predicted molar refractivity (Wildman–Crippen MR) is 71.7 cm³/mol. The largest absolute Gasteiger partial charge is 0.395 e. The van der Waals surface area contributed by atoms with E-state index in [1.165, 1.54) is 16.2 Å². The van der Waals surface area contributed by atoms with Crippen molar-refractivity contribution in [1.82, 2.24) is 4.90 Å². The lowest BCUT2D eigenvalue weighted by Crippen LogP contribution is -2.28. The van der Waals surface area contributed by atoms with E-state index in [0.29, 0.717) is 17.8 Å². The van der Waals surface area contributed by atoms with E-state index < -0.39 is 0 Å². The molecular weight excluding hydrogens is 250 g/mol. The van der Waals surface area contributed by atoms with Crippen molar-refractivity contribution in [2.45, 2.75) is 13.3 Å². The van der Waals surface area contributed by atoms with Crippen LogP contribution in [0.15, 0.2) is 6.07 Å². The van der Waals surface area contributed by atoms with Gasteiger partial charge in [-0.25, -0.2) is 0 Å². The highest BCUT2D eigenvalue weighted by Crippen LogP contribution is 2.22. The van der Waals surface area contributed by atoms with Crippen molar-refractivity contribution < 1.29 is 15.0 Å². The summed E-state index contributed by atoms with van der Waals surface area (Å²) < 4.78 is 0. The van der Waals surface area contributed by atoms with Crippen molar-refractivity contribution in [3.8, 4) is 11.8 Å². The Labute approximate surface area is 111 Å². The minimum Gasteiger partial charge on any atom is -0.395 e. The summed E-state index contributed by atoms with van der Waals surface area (Å²) in [5, 5.41) is 17.5. The number of carbonyl (C=O) groups excluding carboxylic acids is 1. The maximum Gasteiger partial charge on any atom is 0.263 e. The van der Waals surface area contributed by atoms with Crippen LogP contribution in [0, 0.1) is 18.8 Å². The van der Waals surface area contributed by atoms with E-state index in [9.17, 15) is 4.79 Å². The number of aliphatic hydroxyl groups excluding tert-OH is 2. The number of aryl methyl sites for hydroxylation is 1. The average Bonchev–Trinajstić information content (AvgIpc) is 2.71. The predicted octanol–water partition coefficient (Wildman–Crippen LogP) is 0.855. The summed E-state index contributed by atoms with van der Waals surface area (Å²) in [5.74, 6) is 5.69. The van der Waals surface area contributed by atoms with Crippen LogP contribution < -0.4 is 0 Å². The standard InChI is InChI=1S/C13H17NO3S/c1-10-9-12(13(17)14(2)6-8-16)18-11(10)5-3-4-7-15/h9,15-16H,4,6-8H2,1-2H3. The highest BCUT2D eigenvalue weighted by Gasteiger charge is 2.15. The van der Waals surface area contributed by atoms with Crippen LogP contribution >= 0.6 is 11.3 Å². The number of thiophene rings is 1. The van der Waals surface area contributed by atoms with Crippen molar-refractivity contribution >= 4 is 17.2 Å². The second kappa shape index (κ2) is 7.17. The molecule has 0 saturated heterocycles. The number of rotatable bonds is 4. The van der Waals surface area contributed by atoms with Crippen LogP contribution in [0.1, 0.15) is 26.5 Å². The molecule has 4 nitrogen and oxygen atoms in total. The maximum atomic E-state index is 12.0. The maximum absolute atomic E-state index is 12.0. The van der Waals surface area contributed by atoms with Crippen LogP contribution in [0.25, 0.3) is 0 Å². The fourth-order valence-corrected chi connectivity index (χ4v) is 2.39. The summed E-state index contributed by atoms with van der Waals surface area (Å²) in [4.78, 5) is 14.9.